The van der Waals surface area contributed by atoms with Crippen molar-refractivity contribution in [3.05, 3.63) is 15.8 Å². The average molecular weight is 310 g/mol. The predicted molar refractivity (Wildman–Crippen MR) is 80.1 cm³/mol. The number of hydrogen-bond donors (Lipinski definition) is 1. The number of aryl methyl sites for hydroxylation is 1. The zero-order valence-electron chi connectivity index (χ0n) is 11.7. The van der Waals surface area contributed by atoms with E-state index < -0.39 is 0 Å². The smallest absolute Gasteiger partial charge is 0.191 e. The van der Waals surface area contributed by atoms with Gasteiger partial charge in [-0.3, -0.25) is 0 Å². The molecule has 1 aliphatic rings. The summed E-state index contributed by atoms with van der Waals surface area (Å²) in [5, 5.41) is 23.3. The monoisotopic (exact) mass is 310 g/mol. The largest absolute Gasteiger partial charge is 0.317 e. The van der Waals surface area contributed by atoms with Crippen LogP contribution in [0.5, 0.6) is 0 Å². The summed E-state index contributed by atoms with van der Waals surface area (Å²) < 4.78 is 2.13. The highest BCUT2D eigenvalue weighted by molar-refractivity contribution is 7.98. The number of aromatic nitrogens is 5. The molecule has 1 N–H and O–H groups in total. The average Bonchev–Trinajstić information content (AvgIpc) is 3.04. The summed E-state index contributed by atoms with van der Waals surface area (Å²) in [6, 6.07) is 0. The molecule has 0 aromatic carbocycles. The molecule has 0 radical (unpaired) electrons. The Morgan fingerprint density at radius 2 is 2.05 bits per heavy atom. The second-order valence-corrected chi connectivity index (χ2v) is 7.14. The quantitative estimate of drug-likeness (QED) is 0.868. The number of thioether (sulfide) groups is 1. The first-order chi connectivity index (χ1) is 9.74. The van der Waals surface area contributed by atoms with E-state index in [1.165, 1.54) is 0 Å². The molecule has 0 atom stereocenters. The number of nitrogens with one attached hydrogen (secondary N) is 1. The molecule has 6 nitrogen and oxygen atoms in total. The zero-order valence-corrected chi connectivity index (χ0v) is 13.3. The SMILES string of the molecule is Cc1nnc(CSc2nnc(C3CCNCC3)n2C)s1. The molecule has 1 saturated heterocycles. The molecular weight excluding hydrogens is 292 g/mol. The van der Waals surface area contributed by atoms with Gasteiger partial charge in [0.05, 0.1) is 5.75 Å². The Hall–Kier alpha value is -0.990. The molecule has 0 bridgehead atoms. The van der Waals surface area contributed by atoms with E-state index in [0.717, 1.165) is 52.7 Å². The van der Waals surface area contributed by atoms with Crippen LogP contribution in [-0.4, -0.2) is 38.1 Å². The normalized spacial score (nSPS) is 16.7. The van der Waals surface area contributed by atoms with Crippen molar-refractivity contribution in [1.29, 1.82) is 0 Å². The van der Waals surface area contributed by atoms with Crippen LogP contribution in [0.25, 0.3) is 0 Å². The highest BCUT2D eigenvalue weighted by atomic mass is 32.2. The van der Waals surface area contributed by atoms with Gasteiger partial charge in [0.15, 0.2) is 5.16 Å². The number of rotatable bonds is 4. The van der Waals surface area contributed by atoms with Gasteiger partial charge in [-0.25, -0.2) is 0 Å². The Labute approximate surface area is 126 Å². The summed E-state index contributed by atoms with van der Waals surface area (Å²) in [5.74, 6) is 2.46. The van der Waals surface area contributed by atoms with Crippen molar-refractivity contribution in [3.63, 3.8) is 0 Å². The van der Waals surface area contributed by atoms with Gasteiger partial charge in [-0.05, 0) is 32.9 Å². The molecule has 2 aromatic heterocycles. The van der Waals surface area contributed by atoms with Crippen LogP contribution in [0.3, 0.4) is 0 Å². The molecule has 3 heterocycles. The Morgan fingerprint density at radius 1 is 1.25 bits per heavy atom. The minimum absolute atomic E-state index is 0.534. The van der Waals surface area contributed by atoms with Crippen molar-refractivity contribution in [2.24, 2.45) is 7.05 Å². The van der Waals surface area contributed by atoms with Gasteiger partial charge < -0.3 is 9.88 Å². The topological polar surface area (TPSA) is 68.5 Å². The standard InChI is InChI=1S/C12H18N6S2/c1-8-14-15-10(20-8)7-19-12-17-16-11(18(12)2)9-3-5-13-6-4-9/h9,13H,3-7H2,1-2H3. The Kier molecular flexibility index (Phi) is 4.32. The van der Waals surface area contributed by atoms with Crippen molar-refractivity contribution < 1.29 is 0 Å². The Morgan fingerprint density at radius 3 is 2.75 bits per heavy atom. The van der Waals surface area contributed by atoms with Gasteiger partial charge in [-0.15, -0.1) is 31.7 Å². The van der Waals surface area contributed by atoms with E-state index in [4.69, 9.17) is 0 Å². The third-order valence-corrected chi connectivity index (χ3v) is 5.52. The zero-order chi connectivity index (χ0) is 13.9. The van der Waals surface area contributed by atoms with Crippen molar-refractivity contribution in [2.45, 2.75) is 36.6 Å². The Bertz CT molecular complexity index is 572. The summed E-state index contributed by atoms with van der Waals surface area (Å²) >= 11 is 3.32. The maximum Gasteiger partial charge on any atom is 0.191 e. The van der Waals surface area contributed by atoms with Crippen LogP contribution >= 0.6 is 23.1 Å². The first kappa shape index (κ1) is 14.0. The number of nitrogens with zero attached hydrogens (tertiary/aromatic N) is 5. The van der Waals surface area contributed by atoms with Crippen molar-refractivity contribution in [2.75, 3.05) is 13.1 Å². The summed E-state index contributed by atoms with van der Waals surface area (Å²) in [6.45, 7) is 4.12. The summed E-state index contributed by atoms with van der Waals surface area (Å²) in [4.78, 5) is 0. The molecular formula is C12H18N6S2. The lowest BCUT2D eigenvalue weighted by Gasteiger charge is -2.21. The molecule has 1 aliphatic heterocycles. The van der Waals surface area contributed by atoms with E-state index in [-0.39, 0.29) is 0 Å². The number of hydrogen-bond acceptors (Lipinski definition) is 7. The van der Waals surface area contributed by atoms with E-state index in [1.54, 1.807) is 23.1 Å². The lowest BCUT2D eigenvalue weighted by Crippen LogP contribution is -2.27. The Balaban J connectivity index is 1.66. The molecule has 0 saturated carbocycles. The van der Waals surface area contributed by atoms with Crippen LogP contribution in [-0.2, 0) is 12.8 Å². The lowest BCUT2D eigenvalue weighted by atomic mass is 9.97. The van der Waals surface area contributed by atoms with E-state index in [9.17, 15) is 0 Å². The van der Waals surface area contributed by atoms with Crippen LogP contribution < -0.4 is 5.32 Å². The number of piperidine rings is 1. The maximum absolute atomic E-state index is 4.39. The van der Waals surface area contributed by atoms with E-state index >= 15 is 0 Å². The molecule has 1 fully saturated rings. The minimum Gasteiger partial charge on any atom is -0.317 e. The first-order valence-electron chi connectivity index (χ1n) is 6.76. The third kappa shape index (κ3) is 3.02. The maximum atomic E-state index is 4.39. The molecule has 20 heavy (non-hydrogen) atoms. The molecule has 0 unspecified atom stereocenters. The van der Waals surface area contributed by atoms with Crippen LogP contribution in [0.1, 0.15) is 34.6 Å². The third-order valence-electron chi connectivity index (χ3n) is 3.47. The van der Waals surface area contributed by atoms with Gasteiger partial charge in [0.1, 0.15) is 15.8 Å². The summed E-state index contributed by atoms with van der Waals surface area (Å²) in [6.07, 6.45) is 2.29. The van der Waals surface area contributed by atoms with Gasteiger partial charge in [0, 0.05) is 13.0 Å². The van der Waals surface area contributed by atoms with Gasteiger partial charge in [-0.2, -0.15) is 0 Å². The van der Waals surface area contributed by atoms with E-state index in [2.05, 4.69) is 37.3 Å². The lowest BCUT2D eigenvalue weighted by molar-refractivity contribution is 0.434. The molecule has 8 heteroatoms. The molecule has 0 amide bonds. The van der Waals surface area contributed by atoms with Gasteiger partial charge in [0.2, 0.25) is 0 Å². The highest BCUT2D eigenvalue weighted by Gasteiger charge is 2.21. The van der Waals surface area contributed by atoms with Gasteiger partial charge in [0.25, 0.3) is 0 Å². The van der Waals surface area contributed by atoms with Crippen LogP contribution in [0, 0.1) is 6.92 Å². The highest BCUT2D eigenvalue weighted by Crippen LogP contribution is 2.28. The fourth-order valence-electron chi connectivity index (χ4n) is 2.41. The van der Waals surface area contributed by atoms with Crippen molar-refractivity contribution in [1.82, 2.24) is 30.3 Å². The van der Waals surface area contributed by atoms with Gasteiger partial charge in [-0.1, -0.05) is 11.8 Å². The predicted octanol–water partition coefficient (Wildman–Crippen LogP) is 1.73. The second kappa shape index (κ2) is 6.19. The molecule has 0 aliphatic carbocycles. The fourth-order valence-corrected chi connectivity index (χ4v) is 4.02. The van der Waals surface area contributed by atoms with Gasteiger partial charge >= 0.3 is 0 Å². The van der Waals surface area contributed by atoms with E-state index in [0.29, 0.717) is 5.92 Å². The van der Waals surface area contributed by atoms with Crippen LogP contribution in [0.4, 0.5) is 0 Å². The van der Waals surface area contributed by atoms with E-state index in [1.807, 2.05) is 6.92 Å². The van der Waals surface area contributed by atoms with Crippen molar-refractivity contribution in [3.8, 4) is 0 Å². The van der Waals surface area contributed by atoms with Crippen LogP contribution in [0.2, 0.25) is 0 Å². The minimum atomic E-state index is 0.534. The molecule has 108 valence electrons. The fraction of sp³-hybridized carbons (Fsp3) is 0.667. The molecule has 3 rings (SSSR count). The molecule has 2 aromatic rings. The first-order valence-corrected chi connectivity index (χ1v) is 8.56. The van der Waals surface area contributed by atoms with Crippen LogP contribution in [0.15, 0.2) is 5.16 Å². The molecule has 0 spiro atoms. The van der Waals surface area contributed by atoms with Crippen molar-refractivity contribution >= 4 is 23.1 Å². The summed E-state index contributed by atoms with van der Waals surface area (Å²) in [5.41, 5.74) is 0. The second-order valence-electron chi connectivity index (χ2n) is 4.93. The summed E-state index contributed by atoms with van der Waals surface area (Å²) in [7, 11) is 2.06.